The van der Waals surface area contributed by atoms with E-state index in [4.69, 9.17) is 4.74 Å². The number of rotatable bonds is 2. The van der Waals surface area contributed by atoms with Gasteiger partial charge in [0.1, 0.15) is 4.88 Å². The van der Waals surface area contributed by atoms with Crippen LogP contribution in [0.1, 0.15) is 40.9 Å². The van der Waals surface area contributed by atoms with Crippen LogP contribution in [0.15, 0.2) is 12.4 Å². The van der Waals surface area contributed by atoms with Crippen LogP contribution in [0.3, 0.4) is 0 Å². The van der Waals surface area contributed by atoms with Gasteiger partial charge in [0, 0.05) is 35.2 Å². The zero-order chi connectivity index (χ0) is 19.1. The van der Waals surface area contributed by atoms with E-state index < -0.39 is 11.5 Å². The molecule has 28 heavy (non-hydrogen) atoms. The first kappa shape index (κ1) is 16.9. The highest BCUT2D eigenvalue weighted by Gasteiger charge is 2.54. The Morgan fingerprint density at radius 3 is 2.79 bits per heavy atom. The highest BCUT2D eigenvalue weighted by Crippen LogP contribution is 2.51. The van der Waals surface area contributed by atoms with Crippen molar-refractivity contribution in [2.75, 3.05) is 18.0 Å². The smallest absolute Gasteiger partial charge is 0.269 e. The predicted octanol–water partition coefficient (Wildman–Crippen LogP) is 2.96. The van der Waals surface area contributed by atoms with Crippen LogP contribution >= 0.6 is 11.3 Å². The van der Waals surface area contributed by atoms with Crippen LogP contribution in [0.25, 0.3) is 10.4 Å². The van der Waals surface area contributed by atoms with Gasteiger partial charge in [0.25, 0.3) is 11.8 Å². The molecule has 2 aromatic heterocycles. The Morgan fingerprint density at radius 2 is 2.11 bits per heavy atom. The number of anilines is 1. The Kier molecular flexibility index (Phi) is 3.34. The minimum absolute atomic E-state index is 0.179. The SMILES string of the molecule is O=C1N[C@@H](C23CCC(CC2)O3)CN2CC(F)(F)Cc3c(-c4cn[nH]c4)sc1c32. The summed E-state index contributed by atoms with van der Waals surface area (Å²) in [6.07, 6.45) is 6.94. The fourth-order valence-corrected chi connectivity index (χ4v) is 6.64. The molecule has 1 amide bonds. The molecule has 148 valence electrons. The van der Waals surface area contributed by atoms with Crippen molar-refractivity contribution in [2.24, 2.45) is 0 Å². The van der Waals surface area contributed by atoms with Crippen LogP contribution in [-0.4, -0.2) is 52.9 Å². The molecule has 0 saturated carbocycles. The third-order valence-corrected chi connectivity index (χ3v) is 7.91. The molecule has 0 unspecified atom stereocenters. The van der Waals surface area contributed by atoms with Gasteiger partial charge in [-0.3, -0.25) is 9.89 Å². The van der Waals surface area contributed by atoms with E-state index in [0.717, 1.165) is 31.2 Å². The lowest BCUT2D eigenvalue weighted by Gasteiger charge is -2.40. The number of H-pyrrole nitrogens is 1. The van der Waals surface area contributed by atoms with E-state index in [2.05, 4.69) is 15.5 Å². The fourth-order valence-electron chi connectivity index (χ4n) is 5.41. The zero-order valence-electron chi connectivity index (χ0n) is 15.1. The van der Waals surface area contributed by atoms with E-state index in [-0.39, 0.29) is 31.0 Å². The summed E-state index contributed by atoms with van der Waals surface area (Å²) in [7, 11) is 0. The molecule has 2 bridgehead atoms. The summed E-state index contributed by atoms with van der Waals surface area (Å²) in [5, 5.41) is 9.81. The summed E-state index contributed by atoms with van der Waals surface area (Å²) in [6.45, 7) is -0.00482. The van der Waals surface area contributed by atoms with Crippen LogP contribution in [-0.2, 0) is 11.2 Å². The van der Waals surface area contributed by atoms with Crippen molar-refractivity contribution < 1.29 is 18.3 Å². The van der Waals surface area contributed by atoms with E-state index in [0.29, 0.717) is 27.5 Å². The average molecular weight is 406 g/mol. The molecule has 1 atom stereocenters. The zero-order valence-corrected chi connectivity index (χ0v) is 16.0. The van der Waals surface area contributed by atoms with Crippen molar-refractivity contribution in [1.82, 2.24) is 15.5 Å². The van der Waals surface area contributed by atoms with Gasteiger partial charge in [-0.1, -0.05) is 0 Å². The number of carbonyl (C=O) groups is 1. The first-order valence-corrected chi connectivity index (χ1v) is 10.5. The van der Waals surface area contributed by atoms with Gasteiger partial charge in [-0.25, -0.2) is 8.78 Å². The quantitative estimate of drug-likeness (QED) is 0.805. The maximum atomic E-state index is 14.7. The van der Waals surface area contributed by atoms with Gasteiger partial charge >= 0.3 is 0 Å². The lowest BCUT2D eigenvalue weighted by atomic mass is 9.82. The maximum absolute atomic E-state index is 14.7. The summed E-state index contributed by atoms with van der Waals surface area (Å²) in [6, 6.07) is -0.272. The van der Waals surface area contributed by atoms with Crippen LogP contribution < -0.4 is 10.2 Å². The van der Waals surface area contributed by atoms with Gasteiger partial charge in [0.15, 0.2) is 0 Å². The Morgan fingerprint density at radius 1 is 1.29 bits per heavy atom. The number of halogens is 2. The van der Waals surface area contributed by atoms with Crippen molar-refractivity contribution >= 4 is 22.9 Å². The highest BCUT2D eigenvalue weighted by molar-refractivity contribution is 7.18. The molecule has 2 saturated heterocycles. The minimum Gasteiger partial charge on any atom is -0.370 e. The second-order valence-corrected chi connectivity index (χ2v) is 9.42. The molecule has 6 rings (SSSR count). The molecule has 0 aromatic carbocycles. The molecule has 0 aliphatic carbocycles. The number of amides is 1. The first-order chi connectivity index (χ1) is 13.4. The predicted molar refractivity (Wildman–Crippen MR) is 100 cm³/mol. The molecule has 6 nitrogen and oxygen atoms in total. The van der Waals surface area contributed by atoms with E-state index in [1.54, 1.807) is 17.3 Å². The summed E-state index contributed by atoms with van der Waals surface area (Å²) in [5.74, 6) is -3.02. The van der Waals surface area contributed by atoms with Crippen molar-refractivity contribution in [1.29, 1.82) is 0 Å². The number of hydrogen-bond acceptors (Lipinski definition) is 5. The maximum Gasteiger partial charge on any atom is 0.269 e. The number of thiophene rings is 1. The second-order valence-electron chi connectivity index (χ2n) is 8.40. The van der Waals surface area contributed by atoms with Crippen molar-refractivity contribution in [3.8, 4) is 10.4 Å². The molecule has 0 spiro atoms. The van der Waals surface area contributed by atoms with Crippen LogP contribution in [0.2, 0.25) is 0 Å². The number of aromatic nitrogens is 2. The number of fused-ring (bicyclic) bond motifs is 2. The van der Waals surface area contributed by atoms with Crippen LogP contribution in [0, 0.1) is 0 Å². The van der Waals surface area contributed by atoms with E-state index in [9.17, 15) is 13.6 Å². The molecule has 2 aromatic rings. The Bertz CT molecular complexity index is 950. The van der Waals surface area contributed by atoms with E-state index in [1.165, 1.54) is 11.3 Å². The third kappa shape index (κ3) is 2.32. The van der Waals surface area contributed by atoms with Gasteiger partial charge in [0.05, 0.1) is 36.2 Å². The van der Waals surface area contributed by atoms with Crippen molar-refractivity contribution in [3.05, 3.63) is 22.8 Å². The second kappa shape index (κ2) is 5.54. The standard InChI is InChI=1S/C19H20F2N4O2S/c20-19(21)5-12-14-16(28-15(12)10-6-22-23-7-10)17(26)24-13(8-25(14)9-19)18-3-1-11(27-18)2-4-18/h6-7,11,13H,1-5,8-9H2,(H,22,23)(H,24,26)/t11?,13-,18?/m1/s1. The summed E-state index contributed by atoms with van der Waals surface area (Å²) in [5.41, 5.74) is 1.57. The summed E-state index contributed by atoms with van der Waals surface area (Å²) < 4.78 is 35.6. The Hall–Kier alpha value is -2.00. The molecule has 0 radical (unpaired) electrons. The van der Waals surface area contributed by atoms with Crippen molar-refractivity contribution in [2.45, 2.75) is 55.8 Å². The molecule has 4 aliphatic heterocycles. The minimum atomic E-state index is -2.84. The molecular weight excluding hydrogens is 386 g/mol. The Labute approximate surface area is 164 Å². The molecule has 9 heteroatoms. The summed E-state index contributed by atoms with van der Waals surface area (Å²) in [4.78, 5) is 16.1. The number of aromatic amines is 1. The normalized spacial score (nSPS) is 32.9. The molecule has 6 heterocycles. The molecule has 2 fully saturated rings. The third-order valence-electron chi connectivity index (χ3n) is 6.64. The van der Waals surface area contributed by atoms with Gasteiger partial charge in [-0.05, 0) is 25.7 Å². The fraction of sp³-hybridized carbons (Fsp3) is 0.579. The Balaban J connectivity index is 1.46. The average Bonchev–Trinajstić information content (AvgIpc) is 3.41. The molecule has 4 aliphatic rings. The number of hydrogen-bond donors (Lipinski definition) is 2. The lowest BCUT2D eigenvalue weighted by Crippen LogP contribution is -2.57. The molecular formula is C19H20F2N4O2S. The van der Waals surface area contributed by atoms with Crippen LogP contribution in [0.5, 0.6) is 0 Å². The van der Waals surface area contributed by atoms with Gasteiger partial charge in [-0.2, -0.15) is 5.10 Å². The van der Waals surface area contributed by atoms with E-state index in [1.807, 2.05) is 0 Å². The number of nitrogens with zero attached hydrogens (tertiary/aromatic N) is 2. The summed E-state index contributed by atoms with van der Waals surface area (Å²) >= 11 is 1.28. The topological polar surface area (TPSA) is 70.2 Å². The molecule has 2 N–H and O–H groups in total. The van der Waals surface area contributed by atoms with Crippen molar-refractivity contribution in [3.63, 3.8) is 0 Å². The van der Waals surface area contributed by atoms with Crippen LogP contribution in [0.4, 0.5) is 14.5 Å². The largest absolute Gasteiger partial charge is 0.370 e. The van der Waals surface area contributed by atoms with Gasteiger partial charge in [-0.15, -0.1) is 11.3 Å². The number of alkyl halides is 2. The first-order valence-electron chi connectivity index (χ1n) is 9.70. The number of nitrogens with one attached hydrogen (secondary N) is 2. The number of carbonyl (C=O) groups excluding carboxylic acids is 1. The van der Waals surface area contributed by atoms with E-state index >= 15 is 0 Å². The lowest BCUT2D eigenvalue weighted by molar-refractivity contribution is -0.0178. The number of ether oxygens (including phenoxy) is 1. The van der Waals surface area contributed by atoms with Gasteiger partial charge in [0.2, 0.25) is 0 Å². The monoisotopic (exact) mass is 406 g/mol. The van der Waals surface area contributed by atoms with Gasteiger partial charge < -0.3 is 15.0 Å². The highest BCUT2D eigenvalue weighted by atomic mass is 32.1.